The lowest BCUT2D eigenvalue weighted by Crippen LogP contribution is -2.59. The molecule has 0 bridgehead atoms. The summed E-state index contributed by atoms with van der Waals surface area (Å²) < 4.78 is 43.8. The Bertz CT molecular complexity index is 1420. The number of esters is 5. The molecule has 1 saturated heterocycles. The molecule has 1 heterocycles. The van der Waals surface area contributed by atoms with Gasteiger partial charge in [-0.05, 0) is 30.2 Å². The van der Waals surface area contributed by atoms with Crippen LogP contribution in [-0.4, -0.2) is 93.4 Å². The Balaban J connectivity index is 2.08. The SMILES string of the molecule is CCOC(=O)c1cccc(Cc2ccc([C@@H]3O[C@H](COC(C)=O)[C@H](OC(C)=O)[C@H](OC(=O)COC)[C@H]3OC(C)=O)c(OC)c2)c1O. The van der Waals surface area contributed by atoms with Crippen LogP contribution in [0.5, 0.6) is 11.5 Å². The molecule has 0 radical (unpaired) electrons. The van der Waals surface area contributed by atoms with Gasteiger partial charge in [0.05, 0.1) is 13.7 Å². The van der Waals surface area contributed by atoms with Crippen molar-refractivity contribution >= 4 is 29.8 Å². The quantitative estimate of drug-likeness (QED) is 0.248. The largest absolute Gasteiger partial charge is 0.507 e. The lowest BCUT2D eigenvalue weighted by Gasteiger charge is -2.44. The van der Waals surface area contributed by atoms with Crippen LogP contribution in [0.25, 0.3) is 0 Å². The van der Waals surface area contributed by atoms with Crippen LogP contribution < -0.4 is 4.74 Å². The Morgan fingerprint density at radius 1 is 0.848 bits per heavy atom. The van der Waals surface area contributed by atoms with Gasteiger partial charge in [-0.25, -0.2) is 9.59 Å². The van der Waals surface area contributed by atoms with Crippen molar-refractivity contribution in [1.82, 2.24) is 0 Å². The highest BCUT2D eigenvalue weighted by Crippen LogP contribution is 2.41. The van der Waals surface area contributed by atoms with Crippen LogP contribution in [0.2, 0.25) is 0 Å². The van der Waals surface area contributed by atoms with Crippen LogP contribution in [0.1, 0.15) is 60.8 Å². The maximum atomic E-state index is 12.6. The van der Waals surface area contributed by atoms with Crippen LogP contribution in [0, 0.1) is 0 Å². The summed E-state index contributed by atoms with van der Waals surface area (Å²) in [5.74, 6) is -3.61. The highest BCUT2D eigenvalue weighted by molar-refractivity contribution is 5.92. The number of benzene rings is 2. The molecule has 250 valence electrons. The third-order valence-corrected chi connectivity index (χ3v) is 6.83. The first-order valence-electron chi connectivity index (χ1n) is 14.4. The van der Waals surface area contributed by atoms with Gasteiger partial charge in [-0.2, -0.15) is 0 Å². The topological polar surface area (TPSA) is 179 Å². The van der Waals surface area contributed by atoms with Gasteiger partial charge in [-0.15, -0.1) is 0 Å². The number of carbonyl (C=O) groups excluding carboxylic acids is 5. The van der Waals surface area contributed by atoms with Gasteiger partial charge < -0.3 is 43.0 Å². The van der Waals surface area contributed by atoms with Crippen molar-refractivity contribution in [3.8, 4) is 11.5 Å². The van der Waals surface area contributed by atoms with Gasteiger partial charge in [-0.3, -0.25) is 14.4 Å². The minimum absolute atomic E-state index is 0.0259. The number of hydrogen-bond donors (Lipinski definition) is 1. The van der Waals surface area contributed by atoms with Gasteiger partial charge in [-0.1, -0.05) is 24.3 Å². The van der Waals surface area contributed by atoms with Gasteiger partial charge in [0.2, 0.25) is 0 Å². The first kappa shape index (κ1) is 35.8. The Hall–Kier alpha value is -4.69. The second kappa shape index (κ2) is 16.6. The molecule has 2 aromatic rings. The summed E-state index contributed by atoms with van der Waals surface area (Å²) in [6.07, 6.45) is -6.28. The van der Waals surface area contributed by atoms with Gasteiger partial charge >= 0.3 is 29.8 Å². The van der Waals surface area contributed by atoms with Gasteiger partial charge in [0, 0.05) is 39.9 Å². The van der Waals surface area contributed by atoms with E-state index in [0.717, 1.165) is 13.8 Å². The molecule has 14 nitrogen and oxygen atoms in total. The normalized spacial score (nSPS) is 20.6. The first-order valence-corrected chi connectivity index (χ1v) is 14.4. The highest BCUT2D eigenvalue weighted by atomic mass is 16.7. The van der Waals surface area contributed by atoms with Crippen molar-refractivity contribution in [2.75, 3.05) is 34.0 Å². The monoisotopic (exact) mass is 646 g/mol. The summed E-state index contributed by atoms with van der Waals surface area (Å²) in [6.45, 7) is 4.41. The predicted molar refractivity (Wildman–Crippen MR) is 157 cm³/mol. The van der Waals surface area contributed by atoms with Crippen LogP contribution in [0.3, 0.4) is 0 Å². The van der Waals surface area contributed by atoms with Crippen LogP contribution >= 0.6 is 0 Å². The number of phenolic OH excluding ortho intramolecular Hbond substituents is 1. The molecular formula is C32H38O14. The molecule has 3 rings (SSSR count). The summed E-state index contributed by atoms with van der Waals surface area (Å²) >= 11 is 0. The molecule has 46 heavy (non-hydrogen) atoms. The van der Waals surface area contributed by atoms with Crippen LogP contribution in [0.15, 0.2) is 36.4 Å². The number of methoxy groups -OCH3 is 2. The maximum Gasteiger partial charge on any atom is 0.341 e. The molecule has 0 unspecified atom stereocenters. The highest BCUT2D eigenvalue weighted by Gasteiger charge is 2.53. The second-order valence-corrected chi connectivity index (χ2v) is 10.2. The standard InChI is InChI=1S/C32H38O14/c1-7-41-32(38)23-10-8-9-21(27(23)37)13-20-11-12-22(24(14-20)40-6)28-30(44-19(4)35)31(46-26(36)16-39-5)29(43-18(3)34)25(45-28)15-42-17(2)33/h8-12,14,25,28-31,37H,7,13,15-16H2,1-6H3/t25-,28+,29+,30+,31+/m1/s1. The van der Waals surface area contributed by atoms with E-state index in [4.69, 9.17) is 37.9 Å². The van der Waals surface area contributed by atoms with E-state index in [0.29, 0.717) is 16.7 Å². The lowest BCUT2D eigenvalue weighted by atomic mass is 9.89. The first-order chi connectivity index (χ1) is 21.9. The van der Waals surface area contributed by atoms with Gasteiger partial charge in [0.25, 0.3) is 0 Å². The van der Waals surface area contributed by atoms with Crippen LogP contribution in [0.4, 0.5) is 0 Å². The zero-order valence-corrected chi connectivity index (χ0v) is 26.4. The molecule has 1 aliphatic rings. The minimum atomic E-state index is -1.42. The van der Waals surface area contributed by atoms with Crippen molar-refractivity contribution in [2.24, 2.45) is 0 Å². The number of carbonyl (C=O) groups is 5. The summed E-state index contributed by atoms with van der Waals surface area (Å²) in [4.78, 5) is 61.0. The Morgan fingerprint density at radius 3 is 2.15 bits per heavy atom. The van der Waals surface area contributed by atoms with Gasteiger partial charge in [0.1, 0.15) is 42.5 Å². The predicted octanol–water partition coefficient (Wildman–Crippen LogP) is 2.59. The van der Waals surface area contributed by atoms with E-state index in [1.807, 2.05) is 0 Å². The molecule has 14 heteroatoms. The van der Waals surface area contributed by atoms with Crippen molar-refractivity contribution in [3.63, 3.8) is 0 Å². The van der Waals surface area contributed by atoms with Crippen molar-refractivity contribution < 1.29 is 67.0 Å². The number of ether oxygens (including phenoxy) is 8. The molecule has 0 spiro atoms. The number of hydrogen-bond acceptors (Lipinski definition) is 14. The summed E-state index contributed by atoms with van der Waals surface area (Å²) in [6, 6.07) is 9.73. The van der Waals surface area contributed by atoms with E-state index in [2.05, 4.69) is 0 Å². The molecule has 0 amide bonds. The summed E-state index contributed by atoms with van der Waals surface area (Å²) in [5.41, 5.74) is 1.48. The number of aromatic hydroxyl groups is 1. The summed E-state index contributed by atoms with van der Waals surface area (Å²) in [5, 5.41) is 10.8. The fraction of sp³-hybridized carbons (Fsp3) is 0.469. The molecule has 1 aliphatic heterocycles. The molecule has 0 aromatic heterocycles. The number of phenols is 1. The zero-order valence-electron chi connectivity index (χ0n) is 26.4. The average Bonchev–Trinajstić information content (AvgIpc) is 2.99. The minimum Gasteiger partial charge on any atom is -0.507 e. The van der Waals surface area contributed by atoms with E-state index in [1.54, 1.807) is 37.3 Å². The van der Waals surface area contributed by atoms with E-state index >= 15 is 0 Å². The molecule has 0 saturated carbocycles. The zero-order chi connectivity index (χ0) is 34.0. The summed E-state index contributed by atoms with van der Waals surface area (Å²) in [7, 11) is 2.68. The smallest absolute Gasteiger partial charge is 0.341 e. The Morgan fingerprint density at radius 2 is 1.54 bits per heavy atom. The molecule has 1 N–H and O–H groups in total. The maximum absolute atomic E-state index is 12.6. The van der Waals surface area contributed by atoms with Crippen molar-refractivity contribution in [1.29, 1.82) is 0 Å². The molecule has 0 aliphatic carbocycles. The molecule has 2 aromatic carbocycles. The molecule has 5 atom stereocenters. The van der Waals surface area contributed by atoms with Crippen molar-refractivity contribution in [3.05, 3.63) is 58.7 Å². The second-order valence-electron chi connectivity index (χ2n) is 10.2. The fourth-order valence-electron chi connectivity index (χ4n) is 5.02. The Labute approximate surface area is 265 Å². The van der Waals surface area contributed by atoms with E-state index in [9.17, 15) is 29.1 Å². The van der Waals surface area contributed by atoms with Crippen molar-refractivity contribution in [2.45, 2.75) is 64.6 Å². The number of rotatable bonds is 13. The van der Waals surface area contributed by atoms with E-state index in [-0.39, 0.29) is 30.1 Å². The Kier molecular flexibility index (Phi) is 12.9. The third-order valence-electron chi connectivity index (χ3n) is 6.83. The average molecular weight is 647 g/mol. The van der Waals surface area contributed by atoms with Crippen LogP contribution in [-0.2, 0) is 58.8 Å². The molecular weight excluding hydrogens is 608 g/mol. The molecule has 1 fully saturated rings. The van der Waals surface area contributed by atoms with Gasteiger partial charge in [0.15, 0.2) is 18.3 Å². The lowest BCUT2D eigenvalue weighted by molar-refractivity contribution is -0.255. The number of para-hydroxylation sites is 1. The van der Waals surface area contributed by atoms with E-state index < -0.39 is 73.6 Å². The van der Waals surface area contributed by atoms with E-state index in [1.165, 1.54) is 27.2 Å². The third kappa shape index (κ3) is 9.17. The fourth-order valence-corrected chi connectivity index (χ4v) is 5.02.